The van der Waals surface area contributed by atoms with Crippen molar-refractivity contribution in [1.82, 2.24) is 0 Å². The average Bonchev–Trinajstić information content (AvgIpc) is 2.46. The third-order valence-corrected chi connectivity index (χ3v) is 3.78. The summed E-state index contributed by atoms with van der Waals surface area (Å²) in [6.07, 6.45) is 3.32. The predicted octanol–water partition coefficient (Wildman–Crippen LogP) is 0.698. The first-order valence-corrected chi connectivity index (χ1v) is 7.41. The van der Waals surface area contributed by atoms with Crippen molar-refractivity contribution in [2.24, 2.45) is 0 Å². The average molecular weight is 278 g/mol. The molecule has 1 heterocycles. The number of benzene rings is 1. The van der Waals surface area contributed by atoms with Crippen LogP contribution in [0.15, 0.2) is 24.3 Å². The van der Waals surface area contributed by atoms with Gasteiger partial charge >= 0.3 is 0 Å². The zero-order chi connectivity index (χ0) is 14.4. The number of para-hydroxylation sites is 1. The van der Waals surface area contributed by atoms with Gasteiger partial charge in [0, 0.05) is 0 Å². The maximum absolute atomic E-state index is 11.5. The van der Waals surface area contributed by atoms with E-state index in [0.29, 0.717) is 11.3 Å². The Hall–Kier alpha value is -1.39. The zero-order valence-electron chi connectivity index (χ0n) is 12.1. The number of piperidine rings is 1. The van der Waals surface area contributed by atoms with E-state index in [1.54, 1.807) is 12.1 Å². The Morgan fingerprint density at radius 1 is 1.30 bits per heavy atom. The molecule has 4 heteroatoms. The highest BCUT2D eigenvalue weighted by Gasteiger charge is 2.18. The van der Waals surface area contributed by atoms with Gasteiger partial charge in [0.2, 0.25) is 0 Å². The number of aliphatic hydroxyl groups excluding tert-OH is 1. The Morgan fingerprint density at radius 3 is 2.70 bits per heavy atom. The number of hydrogen-bond donors (Lipinski definition) is 2. The maximum atomic E-state index is 11.5. The number of hydrogen-bond acceptors (Lipinski definition) is 3. The number of aliphatic hydroxyl groups is 1. The van der Waals surface area contributed by atoms with Gasteiger partial charge in [0.05, 0.1) is 18.7 Å². The van der Waals surface area contributed by atoms with Crippen molar-refractivity contribution in [3.05, 3.63) is 29.8 Å². The summed E-state index contributed by atoms with van der Waals surface area (Å²) in [4.78, 5) is 12.9. The standard InChI is InChI=1S/C16H23NO3/c1-13(18)15-7-3-4-8-16(15)20-12-14(19)11-17-9-5-2-6-10-17/h3-4,7-8,14,19H,2,5-6,9-12H2,1H3/p+1/t14-/m0/s1. The summed E-state index contributed by atoms with van der Waals surface area (Å²) >= 11 is 0. The van der Waals surface area contributed by atoms with Gasteiger partial charge in [-0.2, -0.15) is 0 Å². The molecule has 1 aliphatic rings. The van der Waals surface area contributed by atoms with Gasteiger partial charge < -0.3 is 14.7 Å². The molecular weight excluding hydrogens is 254 g/mol. The number of Topliss-reactive ketones (excluding diaryl/α,β-unsaturated/α-hetero) is 1. The lowest BCUT2D eigenvalue weighted by atomic mass is 10.1. The molecule has 1 saturated heterocycles. The van der Waals surface area contributed by atoms with E-state index in [2.05, 4.69) is 0 Å². The number of likely N-dealkylation sites (tertiary alicyclic amines) is 1. The largest absolute Gasteiger partial charge is 0.490 e. The molecule has 1 atom stereocenters. The Morgan fingerprint density at radius 2 is 2.00 bits per heavy atom. The first-order chi connectivity index (χ1) is 9.66. The Bertz CT molecular complexity index is 441. The van der Waals surface area contributed by atoms with Gasteiger partial charge in [0.25, 0.3) is 0 Å². The van der Waals surface area contributed by atoms with Crippen LogP contribution in [-0.4, -0.2) is 43.2 Å². The molecule has 0 spiro atoms. The number of carbonyl (C=O) groups is 1. The second-order valence-electron chi connectivity index (χ2n) is 5.53. The van der Waals surface area contributed by atoms with Crippen LogP contribution in [0.2, 0.25) is 0 Å². The minimum Gasteiger partial charge on any atom is -0.490 e. The number of nitrogens with one attached hydrogen (secondary N) is 1. The normalized spacial score (nSPS) is 17.7. The van der Waals surface area contributed by atoms with Gasteiger partial charge in [0.1, 0.15) is 25.0 Å². The van der Waals surface area contributed by atoms with Crippen molar-refractivity contribution >= 4 is 5.78 Å². The van der Waals surface area contributed by atoms with Gasteiger partial charge in [-0.3, -0.25) is 4.79 Å². The van der Waals surface area contributed by atoms with Crippen molar-refractivity contribution in [2.75, 3.05) is 26.2 Å². The van der Waals surface area contributed by atoms with Crippen LogP contribution in [0.1, 0.15) is 36.5 Å². The van der Waals surface area contributed by atoms with E-state index in [-0.39, 0.29) is 12.4 Å². The van der Waals surface area contributed by atoms with E-state index in [0.717, 1.165) is 19.6 Å². The highest BCUT2D eigenvalue weighted by molar-refractivity contribution is 5.96. The summed E-state index contributed by atoms with van der Waals surface area (Å²) in [6, 6.07) is 7.18. The topological polar surface area (TPSA) is 51.0 Å². The van der Waals surface area contributed by atoms with Crippen molar-refractivity contribution in [1.29, 1.82) is 0 Å². The summed E-state index contributed by atoms with van der Waals surface area (Å²) in [6.45, 7) is 4.77. The number of ether oxygens (including phenoxy) is 1. The lowest BCUT2D eigenvalue weighted by molar-refractivity contribution is -0.908. The molecule has 0 radical (unpaired) electrons. The van der Waals surface area contributed by atoms with Crippen LogP contribution >= 0.6 is 0 Å². The quantitative estimate of drug-likeness (QED) is 0.753. The van der Waals surface area contributed by atoms with E-state index in [1.165, 1.54) is 31.1 Å². The minimum absolute atomic E-state index is 0.0169. The van der Waals surface area contributed by atoms with Crippen LogP contribution in [0.3, 0.4) is 0 Å². The molecule has 0 aromatic heterocycles. The Labute approximate surface area is 120 Å². The van der Waals surface area contributed by atoms with E-state index in [4.69, 9.17) is 4.74 Å². The maximum Gasteiger partial charge on any atom is 0.163 e. The highest BCUT2D eigenvalue weighted by Crippen LogP contribution is 2.18. The summed E-state index contributed by atoms with van der Waals surface area (Å²) in [7, 11) is 0. The number of rotatable bonds is 6. The van der Waals surface area contributed by atoms with Gasteiger partial charge in [-0.25, -0.2) is 0 Å². The molecule has 0 aliphatic carbocycles. The second kappa shape index (κ2) is 7.41. The first kappa shape index (κ1) is 15.0. The van der Waals surface area contributed by atoms with E-state index in [9.17, 15) is 9.90 Å². The molecule has 1 aromatic carbocycles. The molecule has 2 N–H and O–H groups in total. The molecular formula is C16H24NO3+. The third-order valence-electron chi connectivity index (χ3n) is 3.78. The summed E-state index contributed by atoms with van der Waals surface area (Å²) in [5.74, 6) is 0.546. The smallest absolute Gasteiger partial charge is 0.163 e. The second-order valence-corrected chi connectivity index (χ2v) is 5.53. The Kier molecular flexibility index (Phi) is 5.56. The lowest BCUT2D eigenvalue weighted by Gasteiger charge is -2.25. The molecule has 1 aliphatic heterocycles. The van der Waals surface area contributed by atoms with E-state index < -0.39 is 6.10 Å². The molecule has 20 heavy (non-hydrogen) atoms. The van der Waals surface area contributed by atoms with Crippen molar-refractivity contribution in [3.63, 3.8) is 0 Å². The Balaban J connectivity index is 1.83. The van der Waals surface area contributed by atoms with Gasteiger partial charge in [-0.05, 0) is 38.3 Å². The van der Waals surface area contributed by atoms with Crippen LogP contribution < -0.4 is 9.64 Å². The molecule has 0 bridgehead atoms. The van der Waals surface area contributed by atoms with Crippen LogP contribution in [0, 0.1) is 0 Å². The van der Waals surface area contributed by atoms with Crippen molar-refractivity contribution < 1.29 is 19.5 Å². The highest BCUT2D eigenvalue weighted by atomic mass is 16.5. The summed E-state index contributed by atoms with van der Waals surface area (Å²) in [5.41, 5.74) is 0.574. The van der Waals surface area contributed by atoms with E-state index >= 15 is 0 Å². The molecule has 0 unspecified atom stereocenters. The minimum atomic E-state index is -0.483. The predicted molar refractivity (Wildman–Crippen MR) is 77.4 cm³/mol. The fraction of sp³-hybridized carbons (Fsp3) is 0.562. The van der Waals surface area contributed by atoms with Crippen molar-refractivity contribution in [3.8, 4) is 5.75 Å². The summed E-state index contributed by atoms with van der Waals surface area (Å²) in [5, 5.41) is 10.1. The van der Waals surface area contributed by atoms with Crippen LogP contribution in [-0.2, 0) is 0 Å². The van der Waals surface area contributed by atoms with Crippen LogP contribution in [0.4, 0.5) is 0 Å². The molecule has 4 nitrogen and oxygen atoms in total. The molecule has 110 valence electrons. The fourth-order valence-electron chi connectivity index (χ4n) is 2.72. The van der Waals surface area contributed by atoms with Gasteiger partial charge in [-0.1, -0.05) is 12.1 Å². The molecule has 1 fully saturated rings. The fourth-order valence-corrected chi connectivity index (χ4v) is 2.72. The molecule has 0 saturated carbocycles. The number of quaternary nitrogens is 1. The SMILES string of the molecule is CC(=O)c1ccccc1OC[C@@H](O)C[NH+]1CCCCC1. The third kappa shape index (κ3) is 4.32. The summed E-state index contributed by atoms with van der Waals surface area (Å²) < 4.78 is 5.62. The monoisotopic (exact) mass is 278 g/mol. The van der Waals surface area contributed by atoms with Crippen LogP contribution in [0.25, 0.3) is 0 Å². The molecule has 2 rings (SSSR count). The number of carbonyl (C=O) groups excluding carboxylic acids is 1. The molecule has 0 amide bonds. The van der Waals surface area contributed by atoms with E-state index in [1.807, 2.05) is 12.1 Å². The zero-order valence-corrected chi connectivity index (χ0v) is 12.1. The molecule has 1 aromatic rings. The lowest BCUT2D eigenvalue weighted by Crippen LogP contribution is -3.14. The van der Waals surface area contributed by atoms with Crippen molar-refractivity contribution in [2.45, 2.75) is 32.3 Å². The van der Waals surface area contributed by atoms with Gasteiger partial charge in [-0.15, -0.1) is 0 Å². The number of ketones is 1. The van der Waals surface area contributed by atoms with Crippen LogP contribution in [0.5, 0.6) is 5.75 Å². The van der Waals surface area contributed by atoms with Gasteiger partial charge in [0.15, 0.2) is 5.78 Å². The first-order valence-electron chi connectivity index (χ1n) is 7.41.